The third-order valence-electron chi connectivity index (χ3n) is 3.55. The zero-order valence-corrected chi connectivity index (χ0v) is 10.9. The number of aliphatic hydroxyl groups excluding tert-OH is 1. The van der Waals surface area contributed by atoms with E-state index in [9.17, 15) is 9.90 Å². The Morgan fingerprint density at radius 2 is 2.24 bits per heavy atom. The number of carbonyl (C=O) groups is 1. The molecule has 1 amide bonds. The van der Waals surface area contributed by atoms with Crippen LogP contribution < -0.4 is 5.73 Å². The van der Waals surface area contributed by atoms with E-state index in [1.54, 1.807) is 4.90 Å². The molecule has 100 valence electrons. The maximum atomic E-state index is 11.9. The smallest absolute Gasteiger partial charge is 0.222 e. The molecule has 17 heavy (non-hydrogen) atoms. The van der Waals surface area contributed by atoms with Gasteiger partial charge in [-0.2, -0.15) is 0 Å². The van der Waals surface area contributed by atoms with Crippen molar-refractivity contribution >= 4 is 5.91 Å². The molecule has 1 heterocycles. The lowest BCUT2D eigenvalue weighted by Gasteiger charge is -2.18. The first-order valence-corrected chi connectivity index (χ1v) is 6.83. The van der Waals surface area contributed by atoms with E-state index in [4.69, 9.17) is 5.73 Å². The average Bonchev–Trinajstić information content (AvgIpc) is 2.73. The van der Waals surface area contributed by atoms with Gasteiger partial charge in [-0.25, -0.2) is 0 Å². The van der Waals surface area contributed by atoms with Crippen LogP contribution in [0.5, 0.6) is 0 Å². The minimum atomic E-state index is -0.311. The van der Waals surface area contributed by atoms with Gasteiger partial charge in [0, 0.05) is 19.5 Å². The molecule has 1 saturated heterocycles. The summed E-state index contributed by atoms with van der Waals surface area (Å²) in [7, 11) is 0. The molecule has 0 aromatic heterocycles. The summed E-state index contributed by atoms with van der Waals surface area (Å²) >= 11 is 0. The van der Waals surface area contributed by atoms with Crippen molar-refractivity contribution in [2.24, 2.45) is 11.7 Å². The number of likely N-dealkylation sites (tertiary alicyclic amines) is 1. The van der Waals surface area contributed by atoms with Crippen LogP contribution in [-0.2, 0) is 4.79 Å². The first kappa shape index (κ1) is 14.5. The predicted octanol–water partition coefficient (Wildman–Crippen LogP) is 1.12. The van der Waals surface area contributed by atoms with Crippen LogP contribution in [0, 0.1) is 5.92 Å². The fourth-order valence-corrected chi connectivity index (χ4v) is 2.53. The van der Waals surface area contributed by atoms with E-state index in [2.05, 4.69) is 6.92 Å². The van der Waals surface area contributed by atoms with Gasteiger partial charge in [-0.3, -0.25) is 4.79 Å². The normalized spacial score (nSPS) is 21.8. The average molecular weight is 242 g/mol. The van der Waals surface area contributed by atoms with Gasteiger partial charge in [0.15, 0.2) is 0 Å². The molecule has 1 unspecified atom stereocenters. The molecule has 0 aliphatic carbocycles. The van der Waals surface area contributed by atoms with Gasteiger partial charge in [0.1, 0.15) is 0 Å². The molecular weight excluding hydrogens is 216 g/mol. The summed E-state index contributed by atoms with van der Waals surface area (Å²) in [6.45, 7) is 4.12. The standard InChI is InChI=1S/C13H26N2O2/c1-2-3-11(6-8-14)4-5-13(17)15-9-7-12(16)10-15/h11-12,16H,2-10,14H2,1H3/t11?,12-/m0/s1. The van der Waals surface area contributed by atoms with Crippen molar-refractivity contribution in [3.8, 4) is 0 Å². The molecule has 4 nitrogen and oxygen atoms in total. The van der Waals surface area contributed by atoms with E-state index in [1.807, 2.05) is 0 Å². The monoisotopic (exact) mass is 242 g/mol. The molecule has 0 radical (unpaired) electrons. The summed E-state index contributed by atoms with van der Waals surface area (Å²) in [6.07, 6.45) is 5.30. The van der Waals surface area contributed by atoms with Crippen molar-refractivity contribution < 1.29 is 9.90 Å². The van der Waals surface area contributed by atoms with Crippen LogP contribution in [0.25, 0.3) is 0 Å². The van der Waals surface area contributed by atoms with Gasteiger partial charge in [0.05, 0.1) is 6.10 Å². The Balaban J connectivity index is 2.25. The Kier molecular flexibility index (Phi) is 6.52. The zero-order valence-electron chi connectivity index (χ0n) is 10.9. The molecule has 0 bridgehead atoms. The van der Waals surface area contributed by atoms with E-state index < -0.39 is 0 Å². The number of carbonyl (C=O) groups excluding carboxylic acids is 1. The van der Waals surface area contributed by atoms with Gasteiger partial charge >= 0.3 is 0 Å². The molecule has 1 aliphatic rings. The largest absolute Gasteiger partial charge is 0.391 e. The number of aliphatic hydroxyl groups is 1. The van der Waals surface area contributed by atoms with Gasteiger partial charge in [-0.1, -0.05) is 19.8 Å². The SMILES string of the molecule is CCCC(CCN)CCC(=O)N1CC[C@H](O)C1. The number of hydrogen-bond donors (Lipinski definition) is 2. The summed E-state index contributed by atoms with van der Waals surface area (Å²) in [5.74, 6) is 0.779. The van der Waals surface area contributed by atoms with Crippen molar-refractivity contribution in [2.45, 2.75) is 51.6 Å². The van der Waals surface area contributed by atoms with E-state index in [0.717, 1.165) is 38.6 Å². The molecule has 0 aromatic rings. The highest BCUT2D eigenvalue weighted by molar-refractivity contribution is 5.76. The third-order valence-corrected chi connectivity index (χ3v) is 3.55. The van der Waals surface area contributed by atoms with E-state index >= 15 is 0 Å². The predicted molar refractivity (Wildman–Crippen MR) is 68.5 cm³/mol. The highest BCUT2D eigenvalue weighted by Crippen LogP contribution is 2.19. The molecule has 4 heteroatoms. The molecule has 0 spiro atoms. The number of nitrogens with two attached hydrogens (primary N) is 1. The fourth-order valence-electron chi connectivity index (χ4n) is 2.53. The summed E-state index contributed by atoms with van der Waals surface area (Å²) < 4.78 is 0. The van der Waals surface area contributed by atoms with Crippen molar-refractivity contribution in [3.63, 3.8) is 0 Å². The highest BCUT2D eigenvalue weighted by Gasteiger charge is 2.24. The Morgan fingerprint density at radius 3 is 2.76 bits per heavy atom. The highest BCUT2D eigenvalue weighted by atomic mass is 16.3. The molecule has 3 N–H and O–H groups in total. The van der Waals surface area contributed by atoms with E-state index in [-0.39, 0.29) is 12.0 Å². The second kappa shape index (κ2) is 7.67. The Labute approximate surface area is 104 Å². The van der Waals surface area contributed by atoms with Gasteiger partial charge in [-0.15, -0.1) is 0 Å². The van der Waals surface area contributed by atoms with Crippen molar-refractivity contribution in [2.75, 3.05) is 19.6 Å². The molecule has 1 aliphatic heterocycles. The lowest BCUT2D eigenvalue weighted by atomic mass is 9.94. The van der Waals surface area contributed by atoms with Crippen LogP contribution in [0.1, 0.15) is 45.4 Å². The van der Waals surface area contributed by atoms with Gasteiger partial charge in [-0.05, 0) is 31.7 Å². The molecule has 0 aromatic carbocycles. The fraction of sp³-hybridized carbons (Fsp3) is 0.923. The zero-order chi connectivity index (χ0) is 12.7. The Hall–Kier alpha value is -0.610. The van der Waals surface area contributed by atoms with Gasteiger partial charge in [0.25, 0.3) is 0 Å². The molecule has 0 saturated carbocycles. The van der Waals surface area contributed by atoms with Crippen molar-refractivity contribution in [1.82, 2.24) is 4.90 Å². The van der Waals surface area contributed by atoms with E-state index in [1.165, 1.54) is 0 Å². The second-order valence-electron chi connectivity index (χ2n) is 5.05. The topological polar surface area (TPSA) is 66.6 Å². The van der Waals surface area contributed by atoms with Crippen molar-refractivity contribution in [3.05, 3.63) is 0 Å². The van der Waals surface area contributed by atoms with Crippen LogP contribution in [0.4, 0.5) is 0 Å². The van der Waals surface area contributed by atoms with Crippen LogP contribution in [0.15, 0.2) is 0 Å². The first-order chi connectivity index (χ1) is 8.17. The van der Waals surface area contributed by atoms with Crippen LogP contribution >= 0.6 is 0 Å². The minimum absolute atomic E-state index is 0.194. The molecule has 1 fully saturated rings. The molecule has 2 atom stereocenters. The van der Waals surface area contributed by atoms with Crippen LogP contribution in [0.2, 0.25) is 0 Å². The number of nitrogens with zero attached hydrogens (tertiary/aromatic N) is 1. The number of β-amino-alcohol motifs (C(OH)–C–C–N with tert-alkyl or cyclic N) is 1. The van der Waals surface area contributed by atoms with Gasteiger partial charge < -0.3 is 15.7 Å². The summed E-state index contributed by atoms with van der Waals surface area (Å²) in [4.78, 5) is 13.7. The third kappa shape index (κ3) is 5.04. The minimum Gasteiger partial charge on any atom is -0.391 e. The van der Waals surface area contributed by atoms with Gasteiger partial charge in [0.2, 0.25) is 5.91 Å². The number of amides is 1. The summed E-state index contributed by atoms with van der Waals surface area (Å²) in [6, 6.07) is 0. The first-order valence-electron chi connectivity index (χ1n) is 6.83. The lowest BCUT2D eigenvalue weighted by molar-refractivity contribution is -0.130. The second-order valence-corrected chi connectivity index (χ2v) is 5.05. The maximum Gasteiger partial charge on any atom is 0.222 e. The molecular formula is C13H26N2O2. The van der Waals surface area contributed by atoms with Crippen LogP contribution in [-0.4, -0.2) is 41.7 Å². The summed E-state index contributed by atoms with van der Waals surface area (Å²) in [5, 5.41) is 9.38. The molecule has 1 rings (SSSR count). The van der Waals surface area contributed by atoms with Crippen LogP contribution in [0.3, 0.4) is 0 Å². The number of hydrogen-bond acceptors (Lipinski definition) is 3. The maximum absolute atomic E-state index is 11.9. The van der Waals surface area contributed by atoms with E-state index in [0.29, 0.717) is 25.4 Å². The quantitative estimate of drug-likeness (QED) is 0.703. The van der Waals surface area contributed by atoms with Crippen molar-refractivity contribution in [1.29, 1.82) is 0 Å². The lowest BCUT2D eigenvalue weighted by Crippen LogP contribution is -2.29. The summed E-state index contributed by atoms with van der Waals surface area (Å²) in [5.41, 5.74) is 5.58. The number of rotatable bonds is 7. The Morgan fingerprint density at radius 1 is 1.47 bits per heavy atom. The Bertz CT molecular complexity index is 227.